The van der Waals surface area contributed by atoms with Crippen molar-refractivity contribution in [1.82, 2.24) is 4.90 Å². The van der Waals surface area contributed by atoms with Crippen LogP contribution in [-0.2, 0) is 4.74 Å². The second-order valence-electron chi connectivity index (χ2n) is 4.00. The molecular weight excluding hydrogens is 138 g/mol. The first kappa shape index (κ1) is 6.21. The monoisotopic (exact) mass is 151 g/mol. The van der Waals surface area contributed by atoms with Crippen LogP contribution in [0.2, 0.25) is 0 Å². The quantitative estimate of drug-likeness (QED) is 0.467. The highest BCUT2D eigenvalue weighted by molar-refractivity contribution is 5.17. The first-order valence-corrected chi connectivity index (χ1v) is 4.37. The highest BCUT2D eigenvalue weighted by Crippen LogP contribution is 2.42. The van der Waals surface area contributed by atoms with Gasteiger partial charge in [-0.3, -0.25) is 0 Å². The molecule has 2 fully saturated rings. The highest BCUT2D eigenvalue weighted by Gasteiger charge is 2.49. The van der Waals surface area contributed by atoms with Crippen LogP contribution in [0.5, 0.6) is 0 Å². The van der Waals surface area contributed by atoms with Crippen LogP contribution in [0.1, 0.15) is 0 Å². The Kier molecular flexibility index (Phi) is 1.06. The highest BCUT2D eigenvalue weighted by atomic mass is 16.5. The molecule has 3 heterocycles. The predicted molar refractivity (Wildman–Crippen MR) is 42.3 cm³/mol. The Morgan fingerprint density at radius 2 is 1.73 bits per heavy atom. The summed E-state index contributed by atoms with van der Waals surface area (Å²) in [6.45, 7) is 2.46. The van der Waals surface area contributed by atoms with E-state index < -0.39 is 0 Å². The second kappa shape index (κ2) is 1.87. The van der Waals surface area contributed by atoms with Gasteiger partial charge >= 0.3 is 0 Å². The van der Waals surface area contributed by atoms with E-state index in [2.05, 4.69) is 24.1 Å². The van der Waals surface area contributed by atoms with Gasteiger partial charge < -0.3 is 9.64 Å². The lowest BCUT2D eigenvalue weighted by Gasteiger charge is -2.13. The number of fused-ring (bicyclic) bond motifs is 5. The summed E-state index contributed by atoms with van der Waals surface area (Å²) >= 11 is 0. The Hall–Kier alpha value is -0.340. The zero-order chi connectivity index (χ0) is 7.42. The van der Waals surface area contributed by atoms with Crippen molar-refractivity contribution >= 4 is 0 Å². The summed E-state index contributed by atoms with van der Waals surface area (Å²) in [4.78, 5) is 2.42. The molecule has 3 rings (SSSR count). The van der Waals surface area contributed by atoms with Gasteiger partial charge in [0.15, 0.2) is 0 Å². The molecule has 4 atom stereocenters. The second-order valence-corrected chi connectivity index (χ2v) is 4.00. The lowest BCUT2D eigenvalue weighted by atomic mass is 9.86. The maximum absolute atomic E-state index is 5.75. The van der Waals surface area contributed by atoms with Gasteiger partial charge in [-0.2, -0.15) is 0 Å². The van der Waals surface area contributed by atoms with Crippen LogP contribution in [0.3, 0.4) is 0 Å². The minimum Gasteiger partial charge on any atom is -0.366 e. The van der Waals surface area contributed by atoms with Crippen LogP contribution in [0, 0.1) is 11.8 Å². The molecule has 0 N–H and O–H groups in total. The molecule has 3 aliphatic rings. The van der Waals surface area contributed by atoms with Crippen molar-refractivity contribution in [3.8, 4) is 0 Å². The van der Waals surface area contributed by atoms with Gasteiger partial charge in [-0.1, -0.05) is 12.2 Å². The average Bonchev–Trinajstić information content (AvgIpc) is 2.53. The molecule has 2 saturated heterocycles. The average molecular weight is 151 g/mol. The van der Waals surface area contributed by atoms with Crippen molar-refractivity contribution in [3.05, 3.63) is 12.2 Å². The normalized spacial score (nSPS) is 53.9. The van der Waals surface area contributed by atoms with Gasteiger partial charge in [-0.25, -0.2) is 0 Å². The number of hydrogen-bond donors (Lipinski definition) is 0. The van der Waals surface area contributed by atoms with Crippen molar-refractivity contribution in [2.75, 3.05) is 20.1 Å². The zero-order valence-electron chi connectivity index (χ0n) is 6.73. The van der Waals surface area contributed by atoms with Gasteiger partial charge in [0, 0.05) is 24.9 Å². The molecule has 11 heavy (non-hydrogen) atoms. The van der Waals surface area contributed by atoms with Gasteiger partial charge in [0.25, 0.3) is 0 Å². The van der Waals surface area contributed by atoms with Crippen molar-refractivity contribution in [1.29, 1.82) is 0 Å². The third-order valence-electron chi connectivity index (χ3n) is 3.24. The molecule has 2 bridgehead atoms. The lowest BCUT2D eigenvalue weighted by molar-refractivity contribution is 0.0882. The van der Waals surface area contributed by atoms with Crippen LogP contribution in [-0.4, -0.2) is 37.2 Å². The number of likely N-dealkylation sites (tertiary alicyclic amines) is 1. The van der Waals surface area contributed by atoms with Crippen LogP contribution >= 0.6 is 0 Å². The molecule has 0 aliphatic carbocycles. The van der Waals surface area contributed by atoms with Crippen molar-refractivity contribution in [2.24, 2.45) is 11.8 Å². The molecule has 60 valence electrons. The smallest absolute Gasteiger partial charge is 0.0809 e. The van der Waals surface area contributed by atoms with E-state index in [0.29, 0.717) is 12.2 Å². The SMILES string of the molecule is CN1CC2C3C=CC(O3)C2C1. The van der Waals surface area contributed by atoms with Crippen molar-refractivity contribution < 1.29 is 4.74 Å². The number of hydrogen-bond acceptors (Lipinski definition) is 2. The topological polar surface area (TPSA) is 12.5 Å². The summed E-state index contributed by atoms with van der Waals surface area (Å²) in [5.41, 5.74) is 0. The van der Waals surface area contributed by atoms with E-state index in [9.17, 15) is 0 Å². The van der Waals surface area contributed by atoms with E-state index in [1.54, 1.807) is 0 Å². The first-order valence-electron chi connectivity index (χ1n) is 4.37. The number of nitrogens with zero attached hydrogens (tertiary/aromatic N) is 1. The molecule has 4 unspecified atom stereocenters. The first-order chi connectivity index (χ1) is 5.34. The fourth-order valence-corrected chi connectivity index (χ4v) is 2.74. The summed E-state index contributed by atoms with van der Waals surface area (Å²) < 4.78 is 5.75. The van der Waals surface area contributed by atoms with Crippen LogP contribution in [0.4, 0.5) is 0 Å². The molecule has 0 spiro atoms. The van der Waals surface area contributed by atoms with Gasteiger partial charge in [0.2, 0.25) is 0 Å². The molecule has 0 amide bonds. The molecule has 0 aromatic carbocycles. The maximum atomic E-state index is 5.75. The number of rotatable bonds is 0. The molecule has 0 aromatic heterocycles. The summed E-state index contributed by atoms with van der Waals surface area (Å²) in [5, 5.41) is 0. The molecule has 0 radical (unpaired) electrons. The molecule has 0 saturated carbocycles. The van der Waals surface area contributed by atoms with E-state index >= 15 is 0 Å². The van der Waals surface area contributed by atoms with E-state index in [1.807, 2.05) is 0 Å². The molecule has 2 heteroatoms. The summed E-state index contributed by atoms with van der Waals surface area (Å²) in [7, 11) is 2.21. The van der Waals surface area contributed by atoms with E-state index in [4.69, 9.17) is 4.74 Å². The number of ether oxygens (including phenoxy) is 1. The summed E-state index contributed by atoms with van der Waals surface area (Å²) in [6, 6.07) is 0. The van der Waals surface area contributed by atoms with Gasteiger partial charge in [0.1, 0.15) is 0 Å². The van der Waals surface area contributed by atoms with E-state index in [0.717, 1.165) is 11.8 Å². The molecule has 3 aliphatic heterocycles. The lowest BCUT2D eigenvalue weighted by Crippen LogP contribution is -2.21. The van der Waals surface area contributed by atoms with Gasteiger partial charge in [-0.15, -0.1) is 0 Å². The Morgan fingerprint density at radius 3 is 2.27 bits per heavy atom. The minimum absolute atomic E-state index is 0.454. The van der Waals surface area contributed by atoms with Gasteiger partial charge in [-0.05, 0) is 7.05 Å². The zero-order valence-corrected chi connectivity index (χ0v) is 6.73. The standard InChI is InChI=1S/C9H13NO/c1-10-4-6-7(5-10)9-3-2-8(6)11-9/h2-3,6-9H,4-5H2,1H3. The van der Waals surface area contributed by atoms with Crippen LogP contribution in [0.15, 0.2) is 12.2 Å². The molecular formula is C9H13NO. The third kappa shape index (κ3) is 0.690. The predicted octanol–water partition coefficient (Wildman–Crippen LogP) is 0.501. The fraction of sp³-hybridized carbons (Fsp3) is 0.778. The van der Waals surface area contributed by atoms with E-state index in [1.165, 1.54) is 13.1 Å². The largest absolute Gasteiger partial charge is 0.366 e. The molecule has 0 aromatic rings. The minimum atomic E-state index is 0.454. The Morgan fingerprint density at radius 1 is 1.18 bits per heavy atom. The third-order valence-corrected chi connectivity index (χ3v) is 3.24. The maximum Gasteiger partial charge on any atom is 0.0809 e. The Labute approximate surface area is 66.8 Å². The fourth-order valence-electron chi connectivity index (χ4n) is 2.74. The van der Waals surface area contributed by atoms with E-state index in [-0.39, 0.29) is 0 Å². The van der Waals surface area contributed by atoms with Crippen LogP contribution in [0.25, 0.3) is 0 Å². The van der Waals surface area contributed by atoms with Crippen molar-refractivity contribution in [2.45, 2.75) is 12.2 Å². The van der Waals surface area contributed by atoms with Crippen molar-refractivity contribution in [3.63, 3.8) is 0 Å². The molecule has 2 nitrogen and oxygen atoms in total. The van der Waals surface area contributed by atoms with Crippen LogP contribution < -0.4 is 0 Å². The van der Waals surface area contributed by atoms with Gasteiger partial charge in [0.05, 0.1) is 12.2 Å². The summed E-state index contributed by atoms with van der Waals surface area (Å²) in [6.07, 6.45) is 5.39. The Balaban J connectivity index is 1.92. The Bertz CT molecular complexity index is 194. The summed E-state index contributed by atoms with van der Waals surface area (Å²) in [5.74, 6) is 1.60.